The van der Waals surface area contributed by atoms with Crippen LogP contribution in [0.1, 0.15) is 45.2 Å². The van der Waals surface area contributed by atoms with Crippen molar-refractivity contribution in [2.75, 3.05) is 33.3 Å². The third-order valence-corrected chi connectivity index (χ3v) is 6.13. The molecule has 0 atom stereocenters. The Kier molecular flexibility index (Phi) is 5.06. The molecule has 1 aliphatic carbocycles. The molecule has 6 heteroatoms. The van der Waals surface area contributed by atoms with E-state index in [1.165, 1.54) is 0 Å². The second kappa shape index (κ2) is 8.02. The SMILES string of the molecule is COc1cccc(C(=O)N2CCN(C(=O)c3cc(C4CC4)nc4ccccc34)CC2)c1. The molecule has 0 spiro atoms. The van der Waals surface area contributed by atoms with Crippen LogP contribution >= 0.6 is 0 Å². The largest absolute Gasteiger partial charge is 0.497 e. The van der Waals surface area contributed by atoms with Gasteiger partial charge in [0.15, 0.2) is 0 Å². The summed E-state index contributed by atoms with van der Waals surface area (Å²) in [5, 5.41) is 0.895. The maximum absolute atomic E-state index is 13.4. The number of hydrogen-bond acceptors (Lipinski definition) is 4. The molecule has 158 valence electrons. The number of rotatable bonds is 4. The van der Waals surface area contributed by atoms with Crippen LogP contribution in [-0.4, -0.2) is 59.9 Å². The van der Waals surface area contributed by atoms with Gasteiger partial charge in [-0.3, -0.25) is 14.6 Å². The normalized spacial score (nSPS) is 16.4. The summed E-state index contributed by atoms with van der Waals surface area (Å²) in [5.74, 6) is 1.13. The lowest BCUT2D eigenvalue weighted by atomic mass is 10.0. The van der Waals surface area contributed by atoms with Crippen LogP contribution in [0.25, 0.3) is 10.9 Å². The molecule has 6 nitrogen and oxygen atoms in total. The highest BCUT2D eigenvalue weighted by Gasteiger charge is 2.30. The fourth-order valence-electron chi connectivity index (χ4n) is 4.18. The molecule has 0 radical (unpaired) electrons. The Bertz CT molecular complexity index is 1150. The van der Waals surface area contributed by atoms with Gasteiger partial charge >= 0.3 is 0 Å². The van der Waals surface area contributed by atoms with Crippen molar-refractivity contribution in [2.24, 2.45) is 0 Å². The molecule has 2 amide bonds. The second-order valence-electron chi connectivity index (χ2n) is 8.20. The van der Waals surface area contributed by atoms with Crippen molar-refractivity contribution in [3.8, 4) is 5.75 Å². The summed E-state index contributed by atoms with van der Waals surface area (Å²) >= 11 is 0. The average molecular weight is 415 g/mol. The van der Waals surface area contributed by atoms with Gasteiger partial charge in [-0.25, -0.2) is 0 Å². The number of pyridine rings is 1. The van der Waals surface area contributed by atoms with Gasteiger partial charge in [-0.15, -0.1) is 0 Å². The fraction of sp³-hybridized carbons (Fsp3) is 0.320. The van der Waals surface area contributed by atoms with Gasteiger partial charge in [-0.1, -0.05) is 24.3 Å². The molecule has 2 fully saturated rings. The van der Waals surface area contributed by atoms with Crippen molar-refractivity contribution in [3.05, 3.63) is 71.4 Å². The molecule has 1 aromatic heterocycles. The maximum Gasteiger partial charge on any atom is 0.254 e. The smallest absolute Gasteiger partial charge is 0.254 e. The van der Waals surface area contributed by atoms with Gasteiger partial charge in [0.1, 0.15) is 5.75 Å². The van der Waals surface area contributed by atoms with Crippen LogP contribution in [0.15, 0.2) is 54.6 Å². The number of nitrogens with zero attached hydrogens (tertiary/aromatic N) is 3. The topological polar surface area (TPSA) is 62.7 Å². The molecule has 0 bridgehead atoms. The van der Waals surface area contributed by atoms with Crippen molar-refractivity contribution < 1.29 is 14.3 Å². The monoisotopic (exact) mass is 415 g/mol. The van der Waals surface area contributed by atoms with E-state index < -0.39 is 0 Å². The second-order valence-corrected chi connectivity index (χ2v) is 8.20. The minimum atomic E-state index is -0.0311. The van der Waals surface area contributed by atoms with E-state index in [4.69, 9.17) is 9.72 Å². The van der Waals surface area contributed by atoms with Crippen molar-refractivity contribution in [1.82, 2.24) is 14.8 Å². The predicted octanol–water partition coefficient (Wildman–Crippen LogP) is 3.72. The first-order valence-electron chi connectivity index (χ1n) is 10.8. The molecule has 2 aromatic carbocycles. The first-order valence-corrected chi connectivity index (χ1v) is 10.8. The quantitative estimate of drug-likeness (QED) is 0.652. The highest BCUT2D eigenvalue weighted by atomic mass is 16.5. The lowest BCUT2D eigenvalue weighted by molar-refractivity contribution is 0.0536. The van der Waals surface area contributed by atoms with Gasteiger partial charge in [0, 0.05) is 48.7 Å². The van der Waals surface area contributed by atoms with Gasteiger partial charge in [0.05, 0.1) is 18.2 Å². The highest BCUT2D eigenvalue weighted by molar-refractivity contribution is 6.06. The molecule has 0 N–H and O–H groups in total. The lowest BCUT2D eigenvalue weighted by Gasteiger charge is -2.35. The maximum atomic E-state index is 13.4. The van der Waals surface area contributed by atoms with Crippen molar-refractivity contribution in [2.45, 2.75) is 18.8 Å². The van der Waals surface area contributed by atoms with Crippen LogP contribution in [0.5, 0.6) is 5.75 Å². The number of carbonyl (C=O) groups excluding carboxylic acids is 2. The highest BCUT2D eigenvalue weighted by Crippen LogP contribution is 2.40. The van der Waals surface area contributed by atoms with E-state index in [0.717, 1.165) is 35.0 Å². The number of hydrogen-bond donors (Lipinski definition) is 0. The molecular weight excluding hydrogens is 390 g/mol. The summed E-state index contributed by atoms with van der Waals surface area (Å²) in [4.78, 5) is 34.7. The minimum absolute atomic E-state index is 0.0222. The van der Waals surface area contributed by atoms with E-state index in [-0.39, 0.29) is 11.8 Å². The van der Waals surface area contributed by atoms with Crippen molar-refractivity contribution in [3.63, 3.8) is 0 Å². The number of methoxy groups -OCH3 is 1. The van der Waals surface area contributed by atoms with Gasteiger partial charge in [0.2, 0.25) is 0 Å². The molecule has 1 aliphatic heterocycles. The number of aromatic nitrogens is 1. The molecule has 1 saturated carbocycles. The number of piperazine rings is 1. The van der Waals surface area contributed by atoms with Crippen LogP contribution in [0, 0.1) is 0 Å². The summed E-state index contributed by atoms with van der Waals surface area (Å²) in [7, 11) is 1.59. The van der Waals surface area contributed by atoms with Gasteiger partial charge < -0.3 is 14.5 Å². The Morgan fingerprint density at radius 3 is 2.32 bits per heavy atom. The van der Waals surface area contributed by atoms with Crippen LogP contribution in [0.3, 0.4) is 0 Å². The van der Waals surface area contributed by atoms with Crippen LogP contribution < -0.4 is 4.74 Å². The first-order chi connectivity index (χ1) is 15.1. The van der Waals surface area contributed by atoms with E-state index >= 15 is 0 Å². The Morgan fingerprint density at radius 1 is 0.903 bits per heavy atom. The van der Waals surface area contributed by atoms with E-state index in [1.54, 1.807) is 24.1 Å². The number of amides is 2. The zero-order chi connectivity index (χ0) is 21.4. The predicted molar refractivity (Wildman–Crippen MR) is 119 cm³/mol. The van der Waals surface area contributed by atoms with Crippen molar-refractivity contribution >= 4 is 22.7 Å². The third-order valence-electron chi connectivity index (χ3n) is 6.13. The van der Waals surface area contributed by atoms with Crippen LogP contribution in [0.2, 0.25) is 0 Å². The van der Waals surface area contributed by atoms with Crippen LogP contribution in [-0.2, 0) is 0 Å². The number of carbonyl (C=O) groups is 2. The zero-order valence-electron chi connectivity index (χ0n) is 17.6. The average Bonchev–Trinajstić information content (AvgIpc) is 3.68. The van der Waals surface area contributed by atoms with Gasteiger partial charge in [-0.2, -0.15) is 0 Å². The molecule has 2 heterocycles. The van der Waals surface area contributed by atoms with Gasteiger partial charge in [0.25, 0.3) is 11.8 Å². The Hall–Kier alpha value is -3.41. The molecule has 0 unspecified atom stereocenters. The van der Waals surface area contributed by atoms with Crippen molar-refractivity contribution in [1.29, 1.82) is 0 Å². The van der Waals surface area contributed by atoms with E-state index in [0.29, 0.717) is 43.4 Å². The molecule has 2 aliphatic rings. The van der Waals surface area contributed by atoms with E-state index in [2.05, 4.69) is 0 Å². The summed E-state index contributed by atoms with van der Waals surface area (Å²) in [5.41, 5.74) is 3.23. The number of benzene rings is 2. The first kappa shape index (κ1) is 19.5. The summed E-state index contributed by atoms with van der Waals surface area (Å²) in [6, 6.07) is 17.0. The van der Waals surface area contributed by atoms with E-state index in [1.807, 2.05) is 47.4 Å². The molecule has 5 rings (SSSR count). The summed E-state index contributed by atoms with van der Waals surface area (Å²) in [6.45, 7) is 2.06. The Balaban J connectivity index is 1.33. The van der Waals surface area contributed by atoms with Gasteiger partial charge in [-0.05, 0) is 43.2 Å². The molecule has 1 saturated heterocycles. The molecule has 31 heavy (non-hydrogen) atoms. The zero-order valence-corrected chi connectivity index (χ0v) is 17.6. The summed E-state index contributed by atoms with van der Waals surface area (Å²) < 4.78 is 5.23. The summed E-state index contributed by atoms with van der Waals surface area (Å²) in [6.07, 6.45) is 2.29. The van der Waals surface area contributed by atoms with Crippen LogP contribution in [0.4, 0.5) is 0 Å². The third kappa shape index (κ3) is 3.85. The fourth-order valence-corrected chi connectivity index (χ4v) is 4.18. The Labute approximate surface area is 181 Å². The number of fused-ring (bicyclic) bond motifs is 1. The van der Waals surface area contributed by atoms with E-state index in [9.17, 15) is 9.59 Å². The Morgan fingerprint density at radius 2 is 1.61 bits per heavy atom. The molecular formula is C25H25N3O3. The molecule has 3 aromatic rings. The minimum Gasteiger partial charge on any atom is -0.497 e. The lowest BCUT2D eigenvalue weighted by Crippen LogP contribution is -2.50. The number of para-hydroxylation sites is 1. The standard InChI is InChI=1S/C25H25N3O3/c1-31-19-6-4-5-18(15-19)24(29)27-11-13-28(14-12-27)25(30)21-16-23(17-9-10-17)26-22-8-3-2-7-20(21)22/h2-8,15-17H,9-14H2,1H3. The number of ether oxygens (including phenoxy) is 1.